The second kappa shape index (κ2) is 9.46. The molecule has 0 saturated heterocycles. The summed E-state index contributed by atoms with van der Waals surface area (Å²) in [6.45, 7) is 0.557. The van der Waals surface area contributed by atoms with Crippen LogP contribution in [0.4, 0.5) is 0 Å². The molecule has 24 heavy (non-hydrogen) atoms. The smallest absolute Gasteiger partial charge is 0.225 e. The maximum atomic E-state index is 9.86. The van der Waals surface area contributed by atoms with Gasteiger partial charge in [-0.2, -0.15) is 0 Å². The van der Waals surface area contributed by atoms with Gasteiger partial charge in [0.25, 0.3) is 0 Å². The van der Waals surface area contributed by atoms with Crippen molar-refractivity contribution in [2.24, 2.45) is 11.7 Å². The second-order valence-corrected chi connectivity index (χ2v) is 6.31. The van der Waals surface area contributed by atoms with Gasteiger partial charge >= 0.3 is 0 Å². The number of allylic oxidation sites excluding steroid dienone is 3. The monoisotopic (exact) mass is 395 g/mol. The Kier molecular flexibility index (Phi) is 7.30. The van der Waals surface area contributed by atoms with Gasteiger partial charge in [0.1, 0.15) is 11.9 Å². The summed E-state index contributed by atoms with van der Waals surface area (Å²) in [6.07, 6.45) is 9.83. The third kappa shape index (κ3) is 5.67. The number of rotatable bonds is 9. The first-order valence-corrected chi connectivity index (χ1v) is 8.54. The standard InChI is InChI=1S/C17H22BrN3O3/c18-14(9-19)16(4-2-7-20-10-12-5-6-12)24-17-13(15(23)11-22)3-1-8-21-17/h1-4,7-9,12,15,20,22-23H,5-6,10-11,19H2/b7-2+,14-9-,16-4+. The Bertz CT molecular complexity index is 627. The Morgan fingerprint density at radius 2 is 2.33 bits per heavy atom. The molecule has 7 heteroatoms. The van der Waals surface area contributed by atoms with E-state index < -0.39 is 12.7 Å². The molecule has 1 aliphatic rings. The average Bonchev–Trinajstić information content (AvgIpc) is 3.43. The van der Waals surface area contributed by atoms with E-state index in [0.29, 0.717) is 15.8 Å². The molecule has 2 rings (SSSR count). The number of aromatic nitrogens is 1. The first kappa shape index (κ1) is 18.5. The molecule has 1 aromatic heterocycles. The molecule has 1 aromatic rings. The van der Waals surface area contributed by atoms with Crippen molar-refractivity contribution in [3.8, 4) is 5.88 Å². The van der Waals surface area contributed by atoms with Gasteiger partial charge in [-0.3, -0.25) is 0 Å². The van der Waals surface area contributed by atoms with Crippen LogP contribution < -0.4 is 15.8 Å². The molecular weight excluding hydrogens is 374 g/mol. The minimum Gasteiger partial charge on any atom is -0.437 e. The van der Waals surface area contributed by atoms with Crippen LogP contribution in [0, 0.1) is 5.92 Å². The first-order valence-electron chi connectivity index (χ1n) is 7.75. The van der Waals surface area contributed by atoms with Crippen molar-refractivity contribution in [3.05, 3.63) is 58.7 Å². The van der Waals surface area contributed by atoms with Gasteiger partial charge in [-0.15, -0.1) is 0 Å². The Hall–Kier alpha value is -1.83. The van der Waals surface area contributed by atoms with Crippen LogP contribution in [0.25, 0.3) is 0 Å². The molecule has 0 amide bonds. The maximum absolute atomic E-state index is 9.86. The van der Waals surface area contributed by atoms with Crippen molar-refractivity contribution in [1.29, 1.82) is 0 Å². The van der Waals surface area contributed by atoms with Crippen LogP contribution in [0.5, 0.6) is 5.88 Å². The fraction of sp³-hybridized carbons (Fsp3) is 0.353. The largest absolute Gasteiger partial charge is 0.437 e. The molecular formula is C17H22BrN3O3. The van der Waals surface area contributed by atoms with Crippen molar-refractivity contribution in [3.63, 3.8) is 0 Å². The number of nitrogens with one attached hydrogen (secondary N) is 1. The minimum atomic E-state index is -1.06. The lowest BCUT2D eigenvalue weighted by Crippen LogP contribution is -2.09. The van der Waals surface area contributed by atoms with Crippen molar-refractivity contribution < 1.29 is 14.9 Å². The SMILES string of the molecule is N/C=C(Br)/C(=C\C=C\NCC1CC1)Oc1ncccc1C(O)CO. The van der Waals surface area contributed by atoms with Crippen molar-refractivity contribution in [1.82, 2.24) is 10.3 Å². The molecule has 0 spiro atoms. The van der Waals surface area contributed by atoms with Gasteiger partial charge in [0.05, 0.1) is 11.1 Å². The molecule has 6 nitrogen and oxygen atoms in total. The molecule has 0 aromatic carbocycles. The maximum Gasteiger partial charge on any atom is 0.225 e. The zero-order valence-electron chi connectivity index (χ0n) is 13.2. The summed E-state index contributed by atoms with van der Waals surface area (Å²) in [6, 6.07) is 3.31. The van der Waals surface area contributed by atoms with Crippen LogP contribution >= 0.6 is 15.9 Å². The molecule has 0 aliphatic heterocycles. The van der Waals surface area contributed by atoms with Crippen LogP contribution in [-0.4, -0.2) is 28.3 Å². The molecule has 1 atom stereocenters. The van der Waals surface area contributed by atoms with Crippen LogP contribution in [0.15, 0.2) is 53.1 Å². The van der Waals surface area contributed by atoms with Crippen LogP contribution in [-0.2, 0) is 0 Å². The summed E-state index contributed by atoms with van der Waals surface area (Å²) in [5.74, 6) is 1.44. The number of aliphatic hydroxyl groups excluding tert-OH is 2. The van der Waals surface area contributed by atoms with Crippen molar-refractivity contribution in [2.45, 2.75) is 18.9 Å². The third-order valence-electron chi connectivity index (χ3n) is 3.49. The fourth-order valence-corrected chi connectivity index (χ4v) is 2.16. The van der Waals surface area contributed by atoms with E-state index in [9.17, 15) is 5.11 Å². The van der Waals surface area contributed by atoms with Crippen molar-refractivity contribution >= 4 is 15.9 Å². The molecule has 1 saturated carbocycles. The fourth-order valence-electron chi connectivity index (χ4n) is 1.95. The van der Waals surface area contributed by atoms with Gasteiger partial charge in [0, 0.05) is 24.5 Å². The molecule has 0 radical (unpaired) electrons. The van der Waals surface area contributed by atoms with E-state index in [1.165, 1.54) is 19.0 Å². The molecule has 1 heterocycles. The topological polar surface area (TPSA) is 101 Å². The van der Waals surface area contributed by atoms with E-state index >= 15 is 0 Å². The average molecular weight is 396 g/mol. The Morgan fingerprint density at radius 3 is 3.00 bits per heavy atom. The highest BCUT2D eigenvalue weighted by molar-refractivity contribution is 9.11. The van der Waals surface area contributed by atoms with Gasteiger partial charge in [-0.05, 0) is 65.2 Å². The Labute approximate surface area is 149 Å². The normalized spacial score (nSPS) is 17.1. The molecule has 5 N–H and O–H groups in total. The number of aliphatic hydroxyl groups is 2. The highest BCUT2D eigenvalue weighted by atomic mass is 79.9. The van der Waals surface area contributed by atoms with E-state index in [2.05, 4.69) is 26.2 Å². The summed E-state index contributed by atoms with van der Waals surface area (Å²) < 4.78 is 6.31. The van der Waals surface area contributed by atoms with Crippen molar-refractivity contribution in [2.75, 3.05) is 13.2 Å². The highest BCUT2D eigenvalue weighted by Crippen LogP contribution is 2.28. The first-order chi connectivity index (χ1) is 11.7. The van der Waals surface area contributed by atoms with E-state index in [0.717, 1.165) is 12.5 Å². The number of ether oxygens (including phenoxy) is 1. The zero-order valence-corrected chi connectivity index (χ0v) is 14.8. The number of nitrogens with zero attached hydrogens (tertiary/aromatic N) is 1. The predicted molar refractivity (Wildman–Crippen MR) is 96.1 cm³/mol. The molecule has 1 fully saturated rings. The number of hydrogen-bond acceptors (Lipinski definition) is 6. The minimum absolute atomic E-state index is 0.212. The second-order valence-electron chi connectivity index (χ2n) is 5.45. The summed E-state index contributed by atoms with van der Waals surface area (Å²) >= 11 is 3.33. The van der Waals surface area contributed by atoms with Crippen LogP contribution in [0.3, 0.4) is 0 Å². The third-order valence-corrected chi connectivity index (χ3v) is 4.14. The van der Waals surface area contributed by atoms with Gasteiger partial charge < -0.3 is 26.0 Å². The van der Waals surface area contributed by atoms with Crippen LogP contribution in [0.2, 0.25) is 0 Å². The van der Waals surface area contributed by atoms with E-state index in [1.54, 1.807) is 24.4 Å². The number of hydrogen-bond donors (Lipinski definition) is 4. The lowest BCUT2D eigenvalue weighted by Gasteiger charge is -2.14. The molecule has 130 valence electrons. The Morgan fingerprint density at radius 1 is 1.54 bits per heavy atom. The highest BCUT2D eigenvalue weighted by Gasteiger charge is 2.19. The molecule has 0 bridgehead atoms. The summed E-state index contributed by atoms with van der Waals surface area (Å²) in [7, 11) is 0. The van der Waals surface area contributed by atoms with E-state index in [4.69, 9.17) is 15.6 Å². The quantitative estimate of drug-likeness (QED) is 0.377. The molecule has 1 aliphatic carbocycles. The van der Waals surface area contributed by atoms with Gasteiger partial charge in [0.2, 0.25) is 5.88 Å². The number of nitrogens with two attached hydrogens (primary N) is 1. The molecule has 1 unspecified atom stereocenters. The number of pyridine rings is 1. The van der Waals surface area contributed by atoms with Gasteiger partial charge in [0.15, 0.2) is 0 Å². The summed E-state index contributed by atoms with van der Waals surface area (Å²) in [4.78, 5) is 4.12. The lowest BCUT2D eigenvalue weighted by atomic mass is 10.1. The predicted octanol–water partition coefficient (Wildman–Crippen LogP) is 2.08. The Balaban J connectivity index is 2.10. The summed E-state index contributed by atoms with van der Waals surface area (Å²) in [5, 5.41) is 22.2. The zero-order chi connectivity index (χ0) is 17.4. The lowest BCUT2D eigenvalue weighted by molar-refractivity contribution is 0.0930. The van der Waals surface area contributed by atoms with Gasteiger partial charge in [-0.25, -0.2) is 4.98 Å². The van der Waals surface area contributed by atoms with E-state index in [1.807, 2.05) is 12.3 Å². The van der Waals surface area contributed by atoms with Gasteiger partial charge in [-0.1, -0.05) is 0 Å². The van der Waals surface area contributed by atoms with E-state index in [-0.39, 0.29) is 5.88 Å². The summed E-state index contributed by atoms with van der Waals surface area (Å²) in [5.41, 5.74) is 5.95. The van der Waals surface area contributed by atoms with Crippen LogP contribution in [0.1, 0.15) is 24.5 Å². The number of halogens is 1.